The minimum absolute atomic E-state index is 0.00415. The molecule has 0 aliphatic carbocycles. The summed E-state index contributed by atoms with van der Waals surface area (Å²) in [5.74, 6) is 0.0255. The van der Waals surface area contributed by atoms with E-state index in [9.17, 15) is 4.79 Å². The highest BCUT2D eigenvalue weighted by Crippen LogP contribution is 1.98. The Morgan fingerprint density at radius 2 is 2.25 bits per heavy atom. The molecule has 0 saturated heterocycles. The molecule has 0 aliphatic heterocycles. The Bertz CT molecular complexity index is 130. The molecule has 0 aromatic heterocycles. The lowest BCUT2D eigenvalue weighted by Crippen LogP contribution is -2.34. The Hall–Kier alpha value is -0.0900. The first kappa shape index (κ1) is 11.9. The van der Waals surface area contributed by atoms with Gasteiger partial charge in [0.2, 0.25) is 5.91 Å². The summed E-state index contributed by atoms with van der Waals surface area (Å²) >= 11 is 3.29. The van der Waals surface area contributed by atoms with E-state index in [4.69, 9.17) is 5.11 Å². The molecule has 12 heavy (non-hydrogen) atoms. The van der Waals surface area contributed by atoms with Crippen molar-refractivity contribution in [2.24, 2.45) is 0 Å². The number of hydrogen-bond donors (Lipinski definition) is 2. The van der Waals surface area contributed by atoms with Crippen LogP contribution in [0, 0.1) is 0 Å². The van der Waals surface area contributed by atoms with Gasteiger partial charge in [-0.2, -0.15) is 0 Å². The standard InChI is InChI=1S/C8H16BrNO2/c1-7(6-11)10-8(12)4-2-3-5-9/h7,11H,2-6H2,1H3,(H,10,12)/t7-/m1/s1. The minimum Gasteiger partial charge on any atom is -0.394 e. The van der Waals surface area contributed by atoms with Crippen LogP contribution in [0.4, 0.5) is 0 Å². The van der Waals surface area contributed by atoms with Crippen molar-refractivity contribution >= 4 is 21.8 Å². The van der Waals surface area contributed by atoms with E-state index in [2.05, 4.69) is 21.2 Å². The maximum atomic E-state index is 11.0. The molecule has 1 amide bonds. The number of carbonyl (C=O) groups is 1. The summed E-state index contributed by atoms with van der Waals surface area (Å²) in [4.78, 5) is 11.0. The maximum Gasteiger partial charge on any atom is 0.220 e. The summed E-state index contributed by atoms with van der Waals surface area (Å²) in [6.45, 7) is 1.78. The number of aliphatic hydroxyl groups excluding tert-OH is 1. The minimum atomic E-state index is -0.124. The Morgan fingerprint density at radius 3 is 2.75 bits per heavy atom. The number of unbranched alkanes of at least 4 members (excludes halogenated alkanes) is 1. The van der Waals surface area contributed by atoms with E-state index in [1.165, 1.54) is 0 Å². The Morgan fingerprint density at radius 1 is 1.58 bits per heavy atom. The number of amides is 1. The second-order valence-corrected chi connectivity index (χ2v) is 3.59. The van der Waals surface area contributed by atoms with Gasteiger partial charge in [0.05, 0.1) is 6.61 Å². The number of aliphatic hydroxyl groups is 1. The van der Waals surface area contributed by atoms with Crippen molar-refractivity contribution < 1.29 is 9.90 Å². The zero-order chi connectivity index (χ0) is 9.40. The molecule has 72 valence electrons. The first-order valence-corrected chi connectivity index (χ1v) is 5.29. The first-order valence-electron chi connectivity index (χ1n) is 4.17. The number of nitrogens with one attached hydrogen (secondary N) is 1. The summed E-state index contributed by atoms with van der Waals surface area (Å²) < 4.78 is 0. The van der Waals surface area contributed by atoms with Crippen molar-refractivity contribution in [3.05, 3.63) is 0 Å². The molecule has 0 spiro atoms. The topological polar surface area (TPSA) is 49.3 Å². The van der Waals surface area contributed by atoms with Gasteiger partial charge in [0.15, 0.2) is 0 Å². The number of hydrogen-bond acceptors (Lipinski definition) is 2. The summed E-state index contributed by atoms with van der Waals surface area (Å²) in [6, 6.07) is -0.124. The van der Waals surface area contributed by atoms with Crippen LogP contribution in [0.1, 0.15) is 26.2 Å². The highest BCUT2D eigenvalue weighted by molar-refractivity contribution is 9.09. The fourth-order valence-corrected chi connectivity index (χ4v) is 1.17. The molecule has 3 nitrogen and oxygen atoms in total. The zero-order valence-electron chi connectivity index (χ0n) is 7.35. The van der Waals surface area contributed by atoms with Crippen LogP contribution in [0.25, 0.3) is 0 Å². The molecule has 0 unspecified atom stereocenters. The predicted molar refractivity (Wildman–Crippen MR) is 52.3 cm³/mol. The van der Waals surface area contributed by atoms with Gasteiger partial charge in [-0.25, -0.2) is 0 Å². The molecule has 2 N–H and O–H groups in total. The predicted octanol–water partition coefficient (Wildman–Crippen LogP) is 1.05. The zero-order valence-corrected chi connectivity index (χ0v) is 8.93. The van der Waals surface area contributed by atoms with Crippen molar-refractivity contribution in [2.75, 3.05) is 11.9 Å². The van der Waals surface area contributed by atoms with Gasteiger partial charge in [-0.3, -0.25) is 4.79 Å². The van der Waals surface area contributed by atoms with Crippen molar-refractivity contribution in [1.82, 2.24) is 5.32 Å². The van der Waals surface area contributed by atoms with Gasteiger partial charge in [0, 0.05) is 17.8 Å². The quantitative estimate of drug-likeness (QED) is 0.536. The van der Waals surface area contributed by atoms with Gasteiger partial charge in [0.1, 0.15) is 0 Å². The molecule has 0 aliphatic rings. The van der Waals surface area contributed by atoms with Gasteiger partial charge in [-0.15, -0.1) is 0 Å². The maximum absolute atomic E-state index is 11.0. The van der Waals surface area contributed by atoms with Gasteiger partial charge < -0.3 is 10.4 Å². The lowest BCUT2D eigenvalue weighted by Gasteiger charge is -2.09. The molecule has 0 saturated carbocycles. The second-order valence-electron chi connectivity index (χ2n) is 2.80. The van der Waals surface area contributed by atoms with Gasteiger partial charge in [-0.05, 0) is 19.8 Å². The van der Waals surface area contributed by atoms with Crippen LogP contribution >= 0.6 is 15.9 Å². The first-order chi connectivity index (χ1) is 5.70. The molecule has 0 aromatic rings. The molecule has 0 heterocycles. The highest BCUT2D eigenvalue weighted by Gasteiger charge is 2.04. The van der Waals surface area contributed by atoms with Crippen LogP contribution < -0.4 is 5.32 Å². The third-order valence-electron chi connectivity index (χ3n) is 1.47. The van der Waals surface area contributed by atoms with Gasteiger partial charge >= 0.3 is 0 Å². The van der Waals surface area contributed by atoms with Crippen LogP contribution in [-0.2, 0) is 4.79 Å². The fourth-order valence-electron chi connectivity index (χ4n) is 0.773. The smallest absolute Gasteiger partial charge is 0.220 e. The van der Waals surface area contributed by atoms with E-state index >= 15 is 0 Å². The lowest BCUT2D eigenvalue weighted by atomic mass is 10.2. The van der Waals surface area contributed by atoms with Crippen LogP contribution in [0.3, 0.4) is 0 Å². The Balaban J connectivity index is 3.33. The van der Waals surface area contributed by atoms with Crippen LogP contribution in [0.15, 0.2) is 0 Å². The van der Waals surface area contributed by atoms with Crippen LogP contribution in [0.2, 0.25) is 0 Å². The van der Waals surface area contributed by atoms with E-state index in [0.29, 0.717) is 6.42 Å². The summed E-state index contributed by atoms with van der Waals surface area (Å²) in [5, 5.41) is 12.3. The average molecular weight is 238 g/mol. The number of alkyl halides is 1. The molecule has 0 aromatic carbocycles. The fraction of sp³-hybridized carbons (Fsp3) is 0.875. The molecule has 0 bridgehead atoms. The third-order valence-corrected chi connectivity index (χ3v) is 2.03. The average Bonchev–Trinajstić information content (AvgIpc) is 2.05. The highest BCUT2D eigenvalue weighted by atomic mass is 79.9. The lowest BCUT2D eigenvalue weighted by molar-refractivity contribution is -0.122. The van der Waals surface area contributed by atoms with Crippen LogP contribution in [0.5, 0.6) is 0 Å². The number of carbonyl (C=O) groups excluding carboxylic acids is 1. The molecule has 0 radical (unpaired) electrons. The summed E-state index contributed by atoms with van der Waals surface area (Å²) in [7, 11) is 0. The second kappa shape index (κ2) is 7.55. The van der Waals surface area contributed by atoms with Gasteiger partial charge in [-0.1, -0.05) is 15.9 Å². The molecule has 0 fully saturated rings. The molecule has 1 atom stereocenters. The SMILES string of the molecule is C[C@H](CO)NC(=O)CCCCBr. The normalized spacial score (nSPS) is 12.6. The Kier molecular flexibility index (Phi) is 7.50. The van der Waals surface area contributed by atoms with Crippen molar-refractivity contribution in [2.45, 2.75) is 32.2 Å². The van der Waals surface area contributed by atoms with E-state index in [-0.39, 0.29) is 18.6 Å². The molecule has 4 heteroatoms. The van der Waals surface area contributed by atoms with E-state index in [0.717, 1.165) is 18.2 Å². The monoisotopic (exact) mass is 237 g/mol. The van der Waals surface area contributed by atoms with Crippen LogP contribution in [-0.4, -0.2) is 29.0 Å². The number of rotatable bonds is 6. The molecular weight excluding hydrogens is 222 g/mol. The Labute approximate surface area is 81.7 Å². The summed E-state index contributed by atoms with van der Waals surface area (Å²) in [5.41, 5.74) is 0. The van der Waals surface area contributed by atoms with Crippen molar-refractivity contribution in [1.29, 1.82) is 0 Å². The third kappa shape index (κ3) is 6.61. The molecule has 0 rings (SSSR count). The van der Waals surface area contributed by atoms with Gasteiger partial charge in [0.25, 0.3) is 0 Å². The largest absolute Gasteiger partial charge is 0.394 e. The van der Waals surface area contributed by atoms with Crippen molar-refractivity contribution in [3.8, 4) is 0 Å². The summed E-state index contributed by atoms with van der Waals surface area (Å²) in [6.07, 6.45) is 2.46. The number of halogens is 1. The van der Waals surface area contributed by atoms with E-state index < -0.39 is 0 Å². The molecular formula is C8H16BrNO2. The van der Waals surface area contributed by atoms with E-state index in [1.54, 1.807) is 6.92 Å². The van der Waals surface area contributed by atoms with E-state index in [1.807, 2.05) is 0 Å². The van der Waals surface area contributed by atoms with Crippen molar-refractivity contribution in [3.63, 3.8) is 0 Å².